The van der Waals surface area contributed by atoms with Crippen molar-refractivity contribution in [3.63, 3.8) is 0 Å². The summed E-state index contributed by atoms with van der Waals surface area (Å²) in [5.74, 6) is -10.7. The first-order valence-electron chi connectivity index (χ1n) is 18.8. The van der Waals surface area contributed by atoms with Gasteiger partial charge in [0.15, 0.2) is 5.92 Å². The van der Waals surface area contributed by atoms with E-state index in [1.807, 2.05) is 42.5 Å². The van der Waals surface area contributed by atoms with E-state index in [1.54, 1.807) is 13.0 Å². The molecule has 3 aromatic rings. The first-order valence-corrected chi connectivity index (χ1v) is 18.8. The van der Waals surface area contributed by atoms with Crippen molar-refractivity contribution in [3.05, 3.63) is 96.1 Å². The average molecular weight is 772 g/mol. The Hall–Kier alpha value is -5.89. The summed E-state index contributed by atoms with van der Waals surface area (Å²) in [4.78, 5) is 89.2. The van der Waals surface area contributed by atoms with Crippen molar-refractivity contribution in [1.82, 2.24) is 16.0 Å². The number of nitrogens with one attached hydrogen (secondary N) is 3. The predicted molar refractivity (Wildman–Crippen MR) is 206 cm³/mol. The van der Waals surface area contributed by atoms with Crippen LogP contribution in [0.25, 0.3) is 10.8 Å². The van der Waals surface area contributed by atoms with Gasteiger partial charge >= 0.3 is 23.8 Å². The minimum atomic E-state index is -1.81. The van der Waals surface area contributed by atoms with Crippen LogP contribution in [0.5, 0.6) is 0 Å². The average Bonchev–Trinajstić information content (AvgIpc) is 3.15. The Bertz CT molecular complexity index is 1920. The largest absolute Gasteiger partial charge is 0.481 e. The van der Waals surface area contributed by atoms with E-state index in [0.29, 0.717) is 31.2 Å². The number of aliphatic carboxylic acids is 3. The molecule has 4 amide bonds. The fraction of sp³-hybridized carbons (Fsp3) is 0.405. The second kappa shape index (κ2) is 19.6. The van der Waals surface area contributed by atoms with Crippen molar-refractivity contribution in [2.75, 3.05) is 6.54 Å². The molecule has 14 nitrogen and oxygen atoms in total. The molecule has 4 unspecified atom stereocenters. The number of carbonyl (C=O) groups excluding carboxylic acids is 4. The quantitative estimate of drug-likeness (QED) is 0.0653. The Balaban J connectivity index is 1.52. The second-order valence-electron chi connectivity index (χ2n) is 14.6. The number of carbonyl (C=O) groups is 7. The van der Waals surface area contributed by atoms with E-state index in [2.05, 4.69) is 28.3 Å². The highest BCUT2D eigenvalue weighted by Crippen LogP contribution is 2.33. The summed E-state index contributed by atoms with van der Waals surface area (Å²) in [5, 5.41) is 39.2. The molecule has 0 spiro atoms. The third kappa shape index (κ3) is 11.1. The third-order valence-electron chi connectivity index (χ3n) is 10.6. The van der Waals surface area contributed by atoms with Gasteiger partial charge in [-0.2, -0.15) is 0 Å². The van der Waals surface area contributed by atoms with Crippen LogP contribution < -0.4 is 21.7 Å². The third-order valence-corrected chi connectivity index (χ3v) is 10.6. The monoisotopic (exact) mass is 771 g/mol. The first kappa shape index (κ1) is 42.8. The molecule has 4 atom stereocenters. The number of hydrogen-bond acceptors (Lipinski definition) is 7. The number of hydrogen-bond donors (Lipinski definition) is 7. The Morgan fingerprint density at radius 1 is 0.821 bits per heavy atom. The molecule has 0 radical (unpaired) electrons. The van der Waals surface area contributed by atoms with Crippen LogP contribution in [0.2, 0.25) is 0 Å². The molecule has 56 heavy (non-hydrogen) atoms. The molecule has 0 heterocycles. The minimum absolute atomic E-state index is 0.00147. The van der Waals surface area contributed by atoms with E-state index in [0.717, 1.165) is 22.8 Å². The molecule has 1 aliphatic carbocycles. The number of allylic oxidation sites excluding steroid dienone is 1. The maximum Gasteiger partial charge on any atom is 0.322 e. The van der Waals surface area contributed by atoms with Gasteiger partial charge in [0.05, 0.1) is 18.8 Å². The van der Waals surface area contributed by atoms with E-state index >= 15 is 0 Å². The summed E-state index contributed by atoms with van der Waals surface area (Å²) in [5.41, 5.74) is 3.47. The lowest BCUT2D eigenvalue weighted by Crippen LogP contribution is -2.65. The van der Waals surface area contributed by atoms with Crippen LogP contribution in [0.3, 0.4) is 0 Å². The number of carboxylic acid groups (broad SMARTS) is 3. The van der Waals surface area contributed by atoms with E-state index in [-0.39, 0.29) is 30.9 Å². The number of carboxylic acids is 3. The molecule has 1 aliphatic rings. The maximum atomic E-state index is 14.2. The van der Waals surface area contributed by atoms with E-state index in [9.17, 15) is 48.9 Å². The molecular formula is C42H51N4O10+. The molecule has 9 N–H and O–H groups in total. The van der Waals surface area contributed by atoms with Crippen molar-refractivity contribution in [2.45, 2.75) is 88.1 Å². The molecule has 4 rings (SSSR count). The summed E-state index contributed by atoms with van der Waals surface area (Å²) < 4.78 is 0. The molecule has 0 aromatic heterocycles. The van der Waals surface area contributed by atoms with Gasteiger partial charge in [-0.15, -0.1) is 6.58 Å². The Kier molecular flexibility index (Phi) is 15.0. The fourth-order valence-corrected chi connectivity index (χ4v) is 7.55. The van der Waals surface area contributed by atoms with Gasteiger partial charge in [-0.05, 0) is 65.0 Å². The van der Waals surface area contributed by atoms with Gasteiger partial charge < -0.3 is 31.3 Å². The predicted octanol–water partition coefficient (Wildman–Crippen LogP) is 3.30. The smallest absolute Gasteiger partial charge is 0.322 e. The molecule has 3 aromatic carbocycles. The highest BCUT2D eigenvalue weighted by molar-refractivity contribution is 5.99. The highest BCUT2D eigenvalue weighted by atomic mass is 16.4. The topological polar surface area (TPSA) is 244 Å². The number of quaternary nitrogens is 1. The summed E-state index contributed by atoms with van der Waals surface area (Å²) in [7, 11) is 0. The molecular weight excluding hydrogens is 720 g/mol. The summed E-state index contributed by atoms with van der Waals surface area (Å²) in [6.07, 6.45) is 4.32. The van der Waals surface area contributed by atoms with Crippen molar-refractivity contribution < 1.29 is 54.6 Å². The van der Waals surface area contributed by atoms with Gasteiger partial charge in [-0.3, -0.25) is 34.5 Å². The maximum absolute atomic E-state index is 14.2. The van der Waals surface area contributed by atoms with E-state index < -0.39 is 83.7 Å². The minimum Gasteiger partial charge on any atom is -0.481 e. The standard InChI is InChI=1S/C42H50N4O10/c1-3-10-26(21-30-13-9-12-28-11-5-6-14-31(28)30)24-44-38(51)33(23-34(43)47)45-41(56)42(19-7-4-8-20-42)46-37(50)32(22-35(48)49)25(2)27-15-17-29(18-16-27)36(39(52)53)40(54)55/h3,5-6,9,11-18,25-26,32-33,36H,1,4,7-8,10,19-24H2,2H3,(H2,43,47)(H,44,51)(H,45,56)(H,46,50)(H,48,49)(H,52,53)(H,54,55)/p+1. The van der Waals surface area contributed by atoms with Crippen LogP contribution in [0, 0.1) is 11.8 Å². The molecule has 14 heteroatoms. The van der Waals surface area contributed by atoms with Crippen molar-refractivity contribution in [2.24, 2.45) is 11.8 Å². The van der Waals surface area contributed by atoms with E-state index in [4.69, 9.17) is 0 Å². The number of amides is 4. The fourth-order valence-electron chi connectivity index (χ4n) is 7.55. The van der Waals surface area contributed by atoms with E-state index in [1.165, 1.54) is 24.3 Å². The van der Waals surface area contributed by atoms with Crippen molar-refractivity contribution >= 4 is 52.3 Å². The zero-order valence-electron chi connectivity index (χ0n) is 31.5. The first-order chi connectivity index (χ1) is 26.6. The lowest BCUT2D eigenvalue weighted by Gasteiger charge is -2.39. The Morgan fingerprint density at radius 3 is 2.05 bits per heavy atom. The van der Waals surface area contributed by atoms with Crippen LogP contribution in [0.4, 0.5) is 0 Å². The Morgan fingerprint density at radius 2 is 1.45 bits per heavy atom. The SMILES string of the molecule is C=CCC(CNC(=O)C(CC([NH3+])=O)NC(=O)C1(NC(=O)C(CC(=O)O)C(C)c2ccc(C(C(=O)O)C(=O)O)cc2)CCCCC1)Cc1cccc2ccccc12. The zero-order valence-corrected chi connectivity index (χ0v) is 31.5. The number of fused-ring (bicyclic) bond motifs is 1. The van der Waals surface area contributed by atoms with Gasteiger partial charge in [-0.1, -0.05) is 99.0 Å². The Labute approximate surface area is 324 Å². The van der Waals surface area contributed by atoms with Crippen LogP contribution in [0.15, 0.2) is 79.4 Å². The van der Waals surface area contributed by atoms with Crippen LogP contribution >= 0.6 is 0 Å². The van der Waals surface area contributed by atoms with Gasteiger partial charge in [0, 0.05) is 6.54 Å². The molecule has 0 aliphatic heterocycles. The summed E-state index contributed by atoms with van der Waals surface area (Å²) in [6, 6.07) is 18.3. The van der Waals surface area contributed by atoms with Gasteiger partial charge in [0.2, 0.25) is 17.7 Å². The van der Waals surface area contributed by atoms with Crippen molar-refractivity contribution in [3.8, 4) is 0 Å². The lowest BCUT2D eigenvalue weighted by molar-refractivity contribution is -0.306. The zero-order chi connectivity index (χ0) is 41.0. The van der Waals surface area contributed by atoms with Gasteiger partial charge in [0.25, 0.3) is 0 Å². The number of rotatable bonds is 20. The molecule has 0 saturated heterocycles. The van der Waals surface area contributed by atoms with Crippen molar-refractivity contribution in [1.29, 1.82) is 0 Å². The van der Waals surface area contributed by atoms with Crippen LogP contribution in [-0.2, 0) is 40.0 Å². The second-order valence-corrected chi connectivity index (χ2v) is 14.6. The summed E-state index contributed by atoms with van der Waals surface area (Å²) >= 11 is 0. The normalized spacial score (nSPS) is 15.8. The van der Waals surface area contributed by atoms with Gasteiger partial charge in [0.1, 0.15) is 11.6 Å². The van der Waals surface area contributed by atoms with Crippen LogP contribution in [-0.4, -0.2) is 75.0 Å². The molecule has 298 valence electrons. The van der Waals surface area contributed by atoms with Crippen LogP contribution in [0.1, 0.15) is 86.8 Å². The van der Waals surface area contributed by atoms with Gasteiger partial charge in [-0.25, -0.2) is 4.79 Å². The molecule has 1 saturated carbocycles. The summed E-state index contributed by atoms with van der Waals surface area (Å²) in [6.45, 7) is 5.72. The lowest BCUT2D eigenvalue weighted by atomic mass is 9.78. The number of benzene rings is 3. The highest BCUT2D eigenvalue weighted by Gasteiger charge is 2.44. The molecule has 1 fully saturated rings. The molecule has 0 bridgehead atoms.